The summed E-state index contributed by atoms with van der Waals surface area (Å²) in [6, 6.07) is 3.54. The average Bonchev–Trinajstić information content (AvgIpc) is 3.33. The van der Waals surface area contributed by atoms with Crippen molar-refractivity contribution < 1.29 is 0 Å². The molecular weight excluding hydrogens is 368 g/mol. The molecule has 0 bridgehead atoms. The van der Waals surface area contributed by atoms with Crippen LogP contribution < -0.4 is 5.56 Å². The minimum atomic E-state index is -0.226. The standard InChI is InChI=1S/C17H12N6OS2/c18-5-9-6-21-23-13(24)4-10(22-15(9)23)7-25-16-14-11-2-1-3-12(11)26-17(14)20-8-19-16/h4,6,8,21H,1-3,7H2. The monoisotopic (exact) mass is 380 g/mol. The third-order valence-electron chi connectivity index (χ3n) is 4.49. The van der Waals surface area contributed by atoms with Gasteiger partial charge in [0.15, 0.2) is 5.65 Å². The van der Waals surface area contributed by atoms with Gasteiger partial charge in [0.1, 0.15) is 27.8 Å². The fourth-order valence-electron chi connectivity index (χ4n) is 3.34. The number of H-pyrrole nitrogens is 1. The van der Waals surface area contributed by atoms with Crippen molar-refractivity contribution in [3.8, 4) is 6.07 Å². The topological polar surface area (TPSA) is 99.7 Å². The maximum absolute atomic E-state index is 12.2. The van der Waals surface area contributed by atoms with Crippen molar-refractivity contribution in [1.29, 1.82) is 5.26 Å². The van der Waals surface area contributed by atoms with Crippen molar-refractivity contribution >= 4 is 39.0 Å². The summed E-state index contributed by atoms with van der Waals surface area (Å²) in [5.41, 5.74) is 2.51. The fraction of sp³-hybridized carbons (Fsp3) is 0.235. The largest absolute Gasteiger partial charge is 0.295 e. The van der Waals surface area contributed by atoms with Crippen LogP contribution in [0, 0.1) is 11.3 Å². The molecule has 7 nitrogen and oxygen atoms in total. The van der Waals surface area contributed by atoms with Gasteiger partial charge in [-0.25, -0.2) is 19.5 Å². The molecule has 9 heteroatoms. The highest BCUT2D eigenvalue weighted by atomic mass is 32.2. The Morgan fingerprint density at radius 2 is 2.31 bits per heavy atom. The van der Waals surface area contributed by atoms with Crippen molar-refractivity contribution in [2.75, 3.05) is 0 Å². The van der Waals surface area contributed by atoms with Gasteiger partial charge in [-0.1, -0.05) is 11.8 Å². The van der Waals surface area contributed by atoms with Crippen LogP contribution in [-0.4, -0.2) is 24.6 Å². The van der Waals surface area contributed by atoms with Gasteiger partial charge >= 0.3 is 0 Å². The SMILES string of the molecule is N#Cc1c[nH]n2c(=O)cc(CSc3ncnc4sc5c(c34)CCC5)nc12. The summed E-state index contributed by atoms with van der Waals surface area (Å²) in [5, 5.41) is 14.0. The second-order valence-electron chi connectivity index (χ2n) is 6.05. The molecule has 1 aliphatic rings. The first-order valence-corrected chi connectivity index (χ1v) is 9.93. The second kappa shape index (κ2) is 5.93. The lowest BCUT2D eigenvalue weighted by Crippen LogP contribution is -2.15. The van der Waals surface area contributed by atoms with Gasteiger partial charge in [0.05, 0.1) is 5.69 Å². The summed E-state index contributed by atoms with van der Waals surface area (Å²) >= 11 is 3.32. The van der Waals surface area contributed by atoms with Crippen molar-refractivity contribution in [3.63, 3.8) is 0 Å². The molecule has 0 aromatic carbocycles. The third kappa shape index (κ3) is 2.34. The molecule has 4 aromatic rings. The highest BCUT2D eigenvalue weighted by Gasteiger charge is 2.21. The molecule has 4 heterocycles. The Kier molecular flexibility index (Phi) is 3.55. The first-order valence-electron chi connectivity index (χ1n) is 8.13. The normalized spacial score (nSPS) is 13.3. The number of thioether (sulfide) groups is 1. The van der Waals surface area contributed by atoms with Crippen LogP contribution in [0.2, 0.25) is 0 Å². The van der Waals surface area contributed by atoms with Crippen LogP contribution in [0.3, 0.4) is 0 Å². The summed E-state index contributed by atoms with van der Waals surface area (Å²) in [7, 11) is 0. The molecule has 128 valence electrons. The molecule has 26 heavy (non-hydrogen) atoms. The molecule has 0 amide bonds. The van der Waals surface area contributed by atoms with E-state index >= 15 is 0 Å². The van der Waals surface area contributed by atoms with Crippen LogP contribution in [-0.2, 0) is 18.6 Å². The number of rotatable bonds is 3. The molecule has 5 rings (SSSR count). The lowest BCUT2D eigenvalue weighted by Gasteiger charge is -2.04. The van der Waals surface area contributed by atoms with E-state index in [1.807, 2.05) is 6.07 Å². The van der Waals surface area contributed by atoms with Crippen molar-refractivity contribution in [3.05, 3.63) is 50.6 Å². The molecule has 0 unspecified atom stereocenters. The summed E-state index contributed by atoms with van der Waals surface area (Å²) in [6.45, 7) is 0. The highest BCUT2D eigenvalue weighted by molar-refractivity contribution is 7.98. The van der Waals surface area contributed by atoms with Gasteiger partial charge in [-0.05, 0) is 24.8 Å². The molecule has 0 aliphatic heterocycles. The van der Waals surface area contributed by atoms with E-state index in [-0.39, 0.29) is 5.56 Å². The smallest absolute Gasteiger partial charge is 0.272 e. The van der Waals surface area contributed by atoms with Gasteiger partial charge in [0.2, 0.25) is 0 Å². The number of nitrogens with one attached hydrogen (secondary N) is 1. The number of nitrogens with zero attached hydrogens (tertiary/aromatic N) is 5. The maximum Gasteiger partial charge on any atom is 0.272 e. The van der Waals surface area contributed by atoms with E-state index < -0.39 is 0 Å². The zero-order valence-electron chi connectivity index (χ0n) is 13.5. The number of aromatic nitrogens is 5. The average molecular weight is 380 g/mol. The Bertz CT molecular complexity index is 1260. The quantitative estimate of drug-likeness (QED) is 0.433. The number of aryl methyl sites for hydroxylation is 2. The van der Waals surface area contributed by atoms with Crippen molar-refractivity contribution in [1.82, 2.24) is 24.6 Å². The predicted molar refractivity (Wildman–Crippen MR) is 99.5 cm³/mol. The van der Waals surface area contributed by atoms with Gasteiger partial charge in [0, 0.05) is 28.3 Å². The van der Waals surface area contributed by atoms with Crippen LogP contribution >= 0.6 is 23.1 Å². The lowest BCUT2D eigenvalue weighted by atomic mass is 10.2. The highest BCUT2D eigenvalue weighted by Crippen LogP contribution is 2.40. The number of fused-ring (bicyclic) bond motifs is 4. The van der Waals surface area contributed by atoms with Crippen LogP contribution in [0.4, 0.5) is 0 Å². The minimum absolute atomic E-state index is 0.226. The van der Waals surface area contributed by atoms with Gasteiger partial charge in [-0.3, -0.25) is 9.89 Å². The maximum atomic E-state index is 12.2. The Hall–Kier alpha value is -2.70. The summed E-state index contributed by atoms with van der Waals surface area (Å²) in [4.78, 5) is 28.0. The van der Waals surface area contributed by atoms with Crippen LogP contribution in [0.15, 0.2) is 28.4 Å². The molecular formula is C17H12N6OS2. The molecule has 4 aromatic heterocycles. The van der Waals surface area contributed by atoms with E-state index in [1.165, 1.54) is 33.6 Å². The minimum Gasteiger partial charge on any atom is -0.295 e. The van der Waals surface area contributed by atoms with E-state index in [9.17, 15) is 4.79 Å². The molecule has 1 aliphatic carbocycles. The fourth-order valence-corrected chi connectivity index (χ4v) is 5.55. The van der Waals surface area contributed by atoms with Crippen LogP contribution in [0.5, 0.6) is 0 Å². The van der Waals surface area contributed by atoms with Crippen LogP contribution in [0.25, 0.3) is 15.9 Å². The number of thiophene rings is 1. The zero-order chi connectivity index (χ0) is 17.7. The van der Waals surface area contributed by atoms with E-state index in [1.54, 1.807) is 29.4 Å². The second-order valence-corrected chi connectivity index (χ2v) is 8.10. The van der Waals surface area contributed by atoms with E-state index in [0.29, 0.717) is 22.7 Å². The summed E-state index contributed by atoms with van der Waals surface area (Å²) in [6.07, 6.45) is 6.48. The van der Waals surface area contributed by atoms with Gasteiger partial charge < -0.3 is 0 Å². The molecule has 0 saturated heterocycles. The predicted octanol–water partition coefficient (Wildman–Crippen LogP) is 2.68. The molecule has 1 N–H and O–H groups in total. The Labute approximate surface area is 155 Å². The lowest BCUT2D eigenvalue weighted by molar-refractivity contribution is 0.888. The Morgan fingerprint density at radius 3 is 3.19 bits per heavy atom. The van der Waals surface area contributed by atoms with Crippen LogP contribution in [0.1, 0.15) is 28.1 Å². The summed E-state index contributed by atoms with van der Waals surface area (Å²) < 4.78 is 1.28. The zero-order valence-corrected chi connectivity index (χ0v) is 15.2. The van der Waals surface area contributed by atoms with E-state index in [2.05, 4.69) is 20.1 Å². The van der Waals surface area contributed by atoms with Gasteiger partial charge in [-0.2, -0.15) is 5.26 Å². The van der Waals surface area contributed by atoms with E-state index in [4.69, 9.17) is 5.26 Å². The number of hydrogen-bond acceptors (Lipinski definition) is 7. The Morgan fingerprint density at radius 1 is 1.38 bits per heavy atom. The Balaban J connectivity index is 1.52. The first-order chi connectivity index (χ1) is 12.7. The van der Waals surface area contributed by atoms with Gasteiger partial charge in [-0.15, -0.1) is 11.3 Å². The molecule has 0 atom stereocenters. The van der Waals surface area contributed by atoms with E-state index in [0.717, 1.165) is 28.1 Å². The third-order valence-corrected chi connectivity index (χ3v) is 6.72. The molecule has 0 radical (unpaired) electrons. The molecule has 0 saturated carbocycles. The first kappa shape index (κ1) is 15.5. The molecule has 0 spiro atoms. The number of hydrogen-bond donors (Lipinski definition) is 1. The van der Waals surface area contributed by atoms with Crippen molar-refractivity contribution in [2.24, 2.45) is 0 Å². The number of aromatic amines is 1. The molecule has 0 fully saturated rings. The number of nitriles is 1. The summed E-state index contributed by atoms with van der Waals surface area (Å²) in [5.74, 6) is 0.512. The van der Waals surface area contributed by atoms with Crippen molar-refractivity contribution in [2.45, 2.75) is 30.0 Å². The van der Waals surface area contributed by atoms with Gasteiger partial charge in [0.25, 0.3) is 5.56 Å².